The first kappa shape index (κ1) is 23.9. The standard InChI is InChI=1S/C21H30BN3O7/c1-12-7-22(30)32-19-15(12)5-6-16(18(19)21(28)29)31-14-10-25(11-14)9-13(2)20(27)23-8-17(26)24(3)4/h5-6,12-14,30H,7-11H2,1-4H3,(H,23,27)(H,28,29)/t12-,13-/m0/s1. The number of nitrogens with zero attached hydrogens (tertiary/aromatic N) is 2. The lowest BCUT2D eigenvalue weighted by atomic mass is 9.72. The number of rotatable bonds is 8. The summed E-state index contributed by atoms with van der Waals surface area (Å²) in [5.41, 5.74) is 0.660. The van der Waals surface area contributed by atoms with Crippen LogP contribution >= 0.6 is 0 Å². The van der Waals surface area contributed by atoms with Gasteiger partial charge in [0.2, 0.25) is 11.8 Å². The lowest BCUT2D eigenvalue weighted by Crippen LogP contribution is -2.56. The fourth-order valence-corrected chi connectivity index (χ4v) is 3.90. The van der Waals surface area contributed by atoms with Crippen molar-refractivity contribution in [2.45, 2.75) is 32.2 Å². The number of aromatic carboxylic acids is 1. The highest BCUT2D eigenvalue weighted by Crippen LogP contribution is 2.42. The number of hydrogen-bond acceptors (Lipinski definition) is 7. The van der Waals surface area contributed by atoms with Gasteiger partial charge in [-0.1, -0.05) is 19.9 Å². The van der Waals surface area contributed by atoms with Crippen LogP contribution in [0.1, 0.15) is 35.7 Å². The van der Waals surface area contributed by atoms with Crippen molar-refractivity contribution in [2.75, 3.05) is 40.3 Å². The molecule has 0 aliphatic carbocycles. The molecule has 2 atom stereocenters. The molecule has 0 saturated carbocycles. The van der Waals surface area contributed by atoms with Crippen LogP contribution in [-0.2, 0) is 9.59 Å². The molecule has 0 radical (unpaired) electrons. The van der Waals surface area contributed by atoms with Gasteiger partial charge in [0.25, 0.3) is 0 Å². The van der Waals surface area contributed by atoms with E-state index in [1.807, 2.05) is 11.8 Å². The molecule has 174 valence electrons. The monoisotopic (exact) mass is 447 g/mol. The van der Waals surface area contributed by atoms with Crippen molar-refractivity contribution >= 4 is 24.9 Å². The molecule has 3 rings (SSSR count). The smallest absolute Gasteiger partial charge is 0.523 e. The Hall–Kier alpha value is -2.79. The van der Waals surface area contributed by atoms with Gasteiger partial charge in [-0.3, -0.25) is 14.5 Å². The third kappa shape index (κ3) is 5.33. The van der Waals surface area contributed by atoms with Crippen molar-refractivity contribution in [1.82, 2.24) is 15.1 Å². The van der Waals surface area contributed by atoms with Gasteiger partial charge in [0.05, 0.1) is 6.54 Å². The molecule has 1 aromatic rings. The number of ether oxygens (including phenoxy) is 1. The molecular formula is C21H30BN3O7. The second-order valence-corrected chi connectivity index (χ2v) is 8.74. The topological polar surface area (TPSA) is 129 Å². The molecule has 32 heavy (non-hydrogen) atoms. The number of carbonyl (C=O) groups is 3. The Balaban J connectivity index is 1.55. The molecule has 1 fully saturated rings. The summed E-state index contributed by atoms with van der Waals surface area (Å²) in [4.78, 5) is 39.1. The van der Waals surface area contributed by atoms with Crippen LogP contribution in [0, 0.1) is 5.92 Å². The van der Waals surface area contributed by atoms with E-state index < -0.39 is 13.1 Å². The summed E-state index contributed by atoms with van der Waals surface area (Å²) in [5.74, 6) is -1.51. The van der Waals surface area contributed by atoms with E-state index in [4.69, 9.17) is 9.39 Å². The molecule has 0 spiro atoms. The molecule has 1 saturated heterocycles. The molecule has 10 nitrogen and oxygen atoms in total. The highest BCUT2D eigenvalue weighted by Gasteiger charge is 2.36. The fraction of sp³-hybridized carbons (Fsp3) is 0.571. The Morgan fingerprint density at radius 1 is 1.34 bits per heavy atom. The van der Waals surface area contributed by atoms with Gasteiger partial charge in [-0.25, -0.2) is 4.79 Å². The minimum Gasteiger partial charge on any atom is -0.535 e. The van der Waals surface area contributed by atoms with Crippen molar-refractivity contribution in [3.8, 4) is 11.5 Å². The van der Waals surface area contributed by atoms with Crippen LogP contribution < -0.4 is 14.7 Å². The Kier molecular flexibility index (Phi) is 7.30. The van der Waals surface area contributed by atoms with E-state index in [1.165, 1.54) is 4.90 Å². The zero-order chi connectivity index (χ0) is 23.6. The number of amides is 2. The maximum atomic E-state index is 12.2. The van der Waals surface area contributed by atoms with E-state index in [2.05, 4.69) is 5.32 Å². The van der Waals surface area contributed by atoms with Crippen LogP contribution in [0.4, 0.5) is 0 Å². The van der Waals surface area contributed by atoms with Crippen molar-refractivity contribution in [3.63, 3.8) is 0 Å². The number of carboxylic acids is 1. The van der Waals surface area contributed by atoms with Gasteiger partial charge in [-0.15, -0.1) is 0 Å². The summed E-state index contributed by atoms with van der Waals surface area (Å²) in [6.45, 7) is 5.26. The second-order valence-electron chi connectivity index (χ2n) is 8.74. The lowest BCUT2D eigenvalue weighted by molar-refractivity contribution is -0.132. The van der Waals surface area contributed by atoms with Gasteiger partial charge in [0, 0.05) is 46.0 Å². The van der Waals surface area contributed by atoms with Gasteiger partial charge in [0.1, 0.15) is 23.2 Å². The van der Waals surface area contributed by atoms with Crippen LogP contribution in [0.5, 0.6) is 11.5 Å². The first-order chi connectivity index (χ1) is 15.1. The zero-order valence-corrected chi connectivity index (χ0v) is 18.8. The SMILES string of the molecule is C[C@@H](CN1CC(Oc2ccc3c(c2C(=O)O)OB(O)C[C@@H]3C)C1)C(=O)NCC(=O)N(C)C. The number of likely N-dealkylation sites (N-methyl/N-ethyl adjacent to an activating group) is 1. The second kappa shape index (κ2) is 9.78. The summed E-state index contributed by atoms with van der Waals surface area (Å²) < 4.78 is 11.4. The van der Waals surface area contributed by atoms with Crippen molar-refractivity contribution in [2.24, 2.45) is 5.92 Å². The Morgan fingerprint density at radius 3 is 2.66 bits per heavy atom. The number of nitrogens with one attached hydrogen (secondary N) is 1. The average Bonchev–Trinajstić information content (AvgIpc) is 2.68. The molecule has 2 aliphatic heterocycles. The molecule has 3 N–H and O–H groups in total. The highest BCUT2D eigenvalue weighted by molar-refractivity contribution is 6.44. The van der Waals surface area contributed by atoms with Gasteiger partial charge >= 0.3 is 13.1 Å². The van der Waals surface area contributed by atoms with E-state index in [-0.39, 0.29) is 53.4 Å². The number of fused-ring (bicyclic) bond motifs is 1. The summed E-state index contributed by atoms with van der Waals surface area (Å²) in [6.07, 6.45) is 0.182. The van der Waals surface area contributed by atoms with Crippen molar-refractivity contribution in [3.05, 3.63) is 23.3 Å². The summed E-state index contributed by atoms with van der Waals surface area (Å²) >= 11 is 0. The molecule has 0 unspecified atom stereocenters. The maximum Gasteiger partial charge on any atom is 0.523 e. The van der Waals surface area contributed by atoms with Crippen molar-refractivity contribution in [1.29, 1.82) is 0 Å². The largest absolute Gasteiger partial charge is 0.535 e. The third-order valence-corrected chi connectivity index (χ3v) is 5.81. The lowest BCUT2D eigenvalue weighted by Gasteiger charge is -2.40. The fourth-order valence-electron chi connectivity index (χ4n) is 3.90. The van der Waals surface area contributed by atoms with Crippen LogP contribution in [0.15, 0.2) is 12.1 Å². The first-order valence-electron chi connectivity index (χ1n) is 10.7. The Bertz CT molecular complexity index is 888. The number of carbonyl (C=O) groups excluding carboxylic acids is 2. The normalized spacial score (nSPS) is 19.3. The molecule has 2 aliphatic rings. The zero-order valence-electron chi connectivity index (χ0n) is 18.8. The van der Waals surface area contributed by atoms with Gasteiger partial charge in [0.15, 0.2) is 0 Å². The van der Waals surface area contributed by atoms with E-state index in [0.717, 1.165) is 5.56 Å². The number of likely N-dealkylation sites (tertiary alicyclic amines) is 1. The van der Waals surface area contributed by atoms with Crippen LogP contribution in [0.3, 0.4) is 0 Å². The minimum atomic E-state index is -1.17. The highest BCUT2D eigenvalue weighted by atomic mass is 16.5. The molecular weight excluding hydrogens is 417 g/mol. The maximum absolute atomic E-state index is 12.2. The number of carboxylic acid groups (broad SMARTS) is 1. The van der Waals surface area contributed by atoms with Crippen LogP contribution in [-0.4, -0.2) is 91.2 Å². The summed E-state index contributed by atoms with van der Waals surface area (Å²) in [6, 6.07) is 3.42. The predicted molar refractivity (Wildman–Crippen MR) is 117 cm³/mol. The summed E-state index contributed by atoms with van der Waals surface area (Å²) in [5, 5.41) is 22.3. The van der Waals surface area contributed by atoms with Crippen LogP contribution in [0.25, 0.3) is 0 Å². The van der Waals surface area contributed by atoms with E-state index in [9.17, 15) is 24.5 Å². The summed E-state index contributed by atoms with van der Waals surface area (Å²) in [7, 11) is 2.21. The van der Waals surface area contributed by atoms with Crippen LogP contribution in [0.2, 0.25) is 6.32 Å². The predicted octanol–water partition coefficient (Wildman–Crippen LogP) is 0.265. The molecule has 2 amide bonds. The van der Waals surface area contributed by atoms with E-state index in [1.54, 1.807) is 33.2 Å². The van der Waals surface area contributed by atoms with E-state index in [0.29, 0.717) is 26.0 Å². The van der Waals surface area contributed by atoms with Gasteiger partial charge in [-0.2, -0.15) is 0 Å². The quantitative estimate of drug-likeness (QED) is 0.485. The molecule has 2 heterocycles. The van der Waals surface area contributed by atoms with Crippen molar-refractivity contribution < 1.29 is 33.9 Å². The first-order valence-corrected chi connectivity index (χ1v) is 10.7. The Labute approximate surface area is 187 Å². The molecule has 11 heteroatoms. The average molecular weight is 447 g/mol. The minimum absolute atomic E-state index is 0.0271. The molecule has 0 bridgehead atoms. The van der Waals surface area contributed by atoms with Gasteiger partial charge in [-0.05, 0) is 17.5 Å². The van der Waals surface area contributed by atoms with E-state index >= 15 is 0 Å². The van der Waals surface area contributed by atoms with Gasteiger partial charge < -0.3 is 29.7 Å². The molecule has 1 aromatic carbocycles. The number of benzene rings is 1. The third-order valence-electron chi connectivity index (χ3n) is 5.81. The number of hydrogen-bond donors (Lipinski definition) is 3. The molecule has 0 aromatic heterocycles. The Morgan fingerprint density at radius 2 is 2.03 bits per heavy atom.